The molecule has 0 radical (unpaired) electrons. The van der Waals surface area contributed by atoms with E-state index in [2.05, 4.69) is 5.32 Å². The molecule has 2 aromatic carbocycles. The zero-order valence-corrected chi connectivity index (χ0v) is 14.2. The highest BCUT2D eigenvalue weighted by atomic mass is 16.4. The Balaban J connectivity index is 1.78. The number of imide groups is 1. The number of hydrogen-bond acceptors (Lipinski definition) is 4. The van der Waals surface area contributed by atoms with Gasteiger partial charge in [-0.3, -0.25) is 19.3 Å². The van der Waals surface area contributed by atoms with E-state index in [4.69, 9.17) is 10.8 Å². The van der Waals surface area contributed by atoms with E-state index in [0.29, 0.717) is 16.7 Å². The van der Waals surface area contributed by atoms with Crippen LogP contribution in [0.15, 0.2) is 48.5 Å². The average molecular weight is 367 g/mol. The number of primary amides is 1. The first kappa shape index (κ1) is 18.1. The summed E-state index contributed by atoms with van der Waals surface area (Å²) in [5.41, 5.74) is 6.88. The summed E-state index contributed by atoms with van der Waals surface area (Å²) in [5, 5.41) is 11.4. The standard InChI is InChI=1S/C19H17N3O5/c20-16(23)12-7-5-11(6-8-12)9-13(21-19(26)27)10-22-17(24)14-3-1-2-4-15(14)18(22)25/h1-8,13,21H,9-10H2,(H2,20,23)(H,26,27)/t13-/m0/s1. The van der Waals surface area contributed by atoms with Crippen LogP contribution in [0, 0.1) is 0 Å². The molecule has 0 aromatic heterocycles. The summed E-state index contributed by atoms with van der Waals surface area (Å²) in [6, 6.07) is 12.1. The number of carboxylic acid groups (broad SMARTS) is 1. The van der Waals surface area contributed by atoms with Crippen LogP contribution in [-0.4, -0.2) is 46.4 Å². The lowest BCUT2D eigenvalue weighted by molar-refractivity contribution is 0.0635. The lowest BCUT2D eigenvalue weighted by Gasteiger charge is -2.22. The van der Waals surface area contributed by atoms with Crippen LogP contribution < -0.4 is 11.1 Å². The van der Waals surface area contributed by atoms with Gasteiger partial charge in [-0.15, -0.1) is 0 Å². The van der Waals surface area contributed by atoms with Crippen molar-refractivity contribution in [1.82, 2.24) is 10.2 Å². The molecule has 1 aliphatic rings. The third-order valence-electron chi connectivity index (χ3n) is 4.33. The molecule has 4 N–H and O–H groups in total. The SMILES string of the molecule is NC(=O)c1ccc(C[C@@H](CN2C(=O)c3ccccc3C2=O)NC(=O)O)cc1. The fraction of sp³-hybridized carbons (Fsp3) is 0.158. The van der Waals surface area contributed by atoms with Gasteiger partial charge in [-0.2, -0.15) is 0 Å². The molecule has 138 valence electrons. The Morgan fingerprint density at radius 2 is 1.56 bits per heavy atom. The van der Waals surface area contributed by atoms with Gasteiger partial charge in [0.05, 0.1) is 23.7 Å². The highest BCUT2D eigenvalue weighted by Gasteiger charge is 2.36. The van der Waals surface area contributed by atoms with Crippen LogP contribution >= 0.6 is 0 Å². The first-order chi connectivity index (χ1) is 12.9. The van der Waals surface area contributed by atoms with Crippen molar-refractivity contribution in [1.29, 1.82) is 0 Å². The Hall–Kier alpha value is -3.68. The molecule has 0 fully saturated rings. The molecule has 0 spiro atoms. The second kappa shape index (κ2) is 7.28. The van der Waals surface area contributed by atoms with Gasteiger partial charge < -0.3 is 16.2 Å². The third kappa shape index (κ3) is 3.79. The van der Waals surface area contributed by atoms with Crippen molar-refractivity contribution in [3.05, 3.63) is 70.8 Å². The molecule has 8 heteroatoms. The van der Waals surface area contributed by atoms with Crippen molar-refractivity contribution in [2.45, 2.75) is 12.5 Å². The number of benzene rings is 2. The largest absolute Gasteiger partial charge is 0.465 e. The zero-order valence-electron chi connectivity index (χ0n) is 14.2. The van der Waals surface area contributed by atoms with Gasteiger partial charge in [0.2, 0.25) is 5.91 Å². The van der Waals surface area contributed by atoms with E-state index < -0.39 is 29.9 Å². The zero-order chi connectivity index (χ0) is 19.6. The maximum Gasteiger partial charge on any atom is 0.404 e. The van der Waals surface area contributed by atoms with Gasteiger partial charge in [-0.25, -0.2) is 4.79 Å². The normalized spacial score (nSPS) is 14.0. The Bertz CT molecular complexity index is 888. The van der Waals surface area contributed by atoms with Gasteiger partial charge in [0, 0.05) is 5.56 Å². The van der Waals surface area contributed by atoms with Gasteiger partial charge in [0.15, 0.2) is 0 Å². The van der Waals surface area contributed by atoms with Crippen LogP contribution in [-0.2, 0) is 6.42 Å². The molecular weight excluding hydrogens is 350 g/mol. The molecule has 3 rings (SSSR count). The molecule has 1 atom stereocenters. The number of nitrogens with zero attached hydrogens (tertiary/aromatic N) is 1. The molecule has 0 saturated carbocycles. The molecular formula is C19H17N3O5. The lowest BCUT2D eigenvalue weighted by atomic mass is 10.0. The Morgan fingerprint density at radius 1 is 1.00 bits per heavy atom. The van der Waals surface area contributed by atoms with Crippen molar-refractivity contribution in [2.24, 2.45) is 5.73 Å². The van der Waals surface area contributed by atoms with Gasteiger partial charge in [-0.1, -0.05) is 24.3 Å². The highest BCUT2D eigenvalue weighted by molar-refractivity contribution is 6.21. The van der Waals surface area contributed by atoms with Crippen LogP contribution in [0.4, 0.5) is 4.79 Å². The molecule has 1 heterocycles. The summed E-state index contributed by atoms with van der Waals surface area (Å²) >= 11 is 0. The molecule has 8 nitrogen and oxygen atoms in total. The van der Waals surface area contributed by atoms with Crippen LogP contribution in [0.3, 0.4) is 0 Å². The van der Waals surface area contributed by atoms with E-state index in [1.54, 1.807) is 36.4 Å². The smallest absolute Gasteiger partial charge is 0.404 e. The van der Waals surface area contributed by atoms with Crippen LogP contribution in [0.2, 0.25) is 0 Å². The van der Waals surface area contributed by atoms with E-state index in [9.17, 15) is 19.2 Å². The minimum Gasteiger partial charge on any atom is -0.465 e. The molecule has 4 amide bonds. The second-order valence-corrected chi connectivity index (χ2v) is 6.18. The minimum atomic E-state index is -1.26. The molecule has 0 bridgehead atoms. The van der Waals surface area contributed by atoms with E-state index in [1.165, 1.54) is 12.1 Å². The van der Waals surface area contributed by atoms with Gasteiger partial charge in [0.25, 0.3) is 11.8 Å². The minimum absolute atomic E-state index is 0.101. The highest BCUT2D eigenvalue weighted by Crippen LogP contribution is 2.23. The van der Waals surface area contributed by atoms with E-state index in [0.717, 1.165) is 10.5 Å². The number of hydrogen-bond donors (Lipinski definition) is 3. The van der Waals surface area contributed by atoms with E-state index in [1.807, 2.05) is 0 Å². The number of nitrogens with one attached hydrogen (secondary N) is 1. The van der Waals surface area contributed by atoms with Crippen LogP contribution in [0.5, 0.6) is 0 Å². The van der Waals surface area contributed by atoms with Crippen molar-refractivity contribution >= 4 is 23.8 Å². The lowest BCUT2D eigenvalue weighted by Crippen LogP contribution is -2.46. The number of nitrogens with two attached hydrogens (primary N) is 1. The van der Waals surface area contributed by atoms with Crippen molar-refractivity contribution < 1.29 is 24.3 Å². The first-order valence-electron chi connectivity index (χ1n) is 8.20. The quantitative estimate of drug-likeness (QED) is 0.662. The van der Waals surface area contributed by atoms with E-state index >= 15 is 0 Å². The van der Waals surface area contributed by atoms with Crippen molar-refractivity contribution in [2.75, 3.05) is 6.54 Å². The second-order valence-electron chi connectivity index (χ2n) is 6.18. The van der Waals surface area contributed by atoms with E-state index in [-0.39, 0.29) is 13.0 Å². The summed E-state index contributed by atoms with van der Waals surface area (Å²) in [7, 11) is 0. The predicted molar refractivity (Wildman–Crippen MR) is 95.4 cm³/mol. The van der Waals surface area contributed by atoms with Gasteiger partial charge in [0.1, 0.15) is 0 Å². The first-order valence-corrected chi connectivity index (χ1v) is 8.20. The number of rotatable bonds is 6. The third-order valence-corrected chi connectivity index (χ3v) is 4.33. The fourth-order valence-electron chi connectivity index (χ4n) is 3.05. The molecule has 27 heavy (non-hydrogen) atoms. The van der Waals surface area contributed by atoms with Crippen LogP contribution in [0.1, 0.15) is 36.6 Å². The summed E-state index contributed by atoms with van der Waals surface area (Å²) in [5.74, 6) is -1.46. The maximum atomic E-state index is 12.5. The molecule has 0 aliphatic carbocycles. The fourth-order valence-corrected chi connectivity index (χ4v) is 3.05. The average Bonchev–Trinajstić information content (AvgIpc) is 2.87. The van der Waals surface area contributed by atoms with Gasteiger partial charge in [-0.05, 0) is 36.2 Å². The van der Waals surface area contributed by atoms with Crippen molar-refractivity contribution in [3.63, 3.8) is 0 Å². The monoisotopic (exact) mass is 367 g/mol. The summed E-state index contributed by atoms with van der Waals surface area (Å²) in [6.07, 6.45) is -1.02. The Kier molecular flexibility index (Phi) is 4.89. The molecule has 2 aromatic rings. The number of carbonyl (C=O) groups is 4. The summed E-state index contributed by atoms with van der Waals surface area (Å²) < 4.78 is 0. The van der Waals surface area contributed by atoms with Crippen molar-refractivity contribution in [3.8, 4) is 0 Å². The number of fused-ring (bicyclic) bond motifs is 1. The number of amides is 4. The number of carbonyl (C=O) groups excluding carboxylic acids is 3. The predicted octanol–water partition coefficient (Wildman–Crippen LogP) is 1.26. The molecule has 0 unspecified atom stereocenters. The molecule has 0 saturated heterocycles. The van der Waals surface area contributed by atoms with Crippen LogP contribution in [0.25, 0.3) is 0 Å². The summed E-state index contributed by atoms with van der Waals surface area (Å²) in [4.78, 5) is 48.3. The topological polar surface area (TPSA) is 130 Å². The molecule has 1 aliphatic heterocycles. The Morgan fingerprint density at radius 3 is 2.04 bits per heavy atom. The van der Waals surface area contributed by atoms with Gasteiger partial charge >= 0.3 is 6.09 Å². The Labute approximate surface area is 154 Å². The maximum absolute atomic E-state index is 12.5. The summed E-state index contributed by atoms with van der Waals surface area (Å²) in [6.45, 7) is -0.101.